The van der Waals surface area contributed by atoms with E-state index in [1.165, 1.54) is 0 Å². The van der Waals surface area contributed by atoms with Crippen molar-refractivity contribution in [3.63, 3.8) is 0 Å². The van der Waals surface area contributed by atoms with Crippen molar-refractivity contribution in [2.45, 2.75) is 52.1 Å². The van der Waals surface area contributed by atoms with Crippen LogP contribution in [0.25, 0.3) is 0 Å². The van der Waals surface area contributed by atoms with E-state index >= 15 is 0 Å². The molecule has 22 heavy (non-hydrogen) atoms. The zero-order chi connectivity index (χ0) is 16.3. The second-order valence-corrected chi connectivity index (χ2v) is 5.62. The lowest BCUT2D eigenvalue weighted by Crippen LogP contribution is -2.41. The number of rotatable bonds is 5. The SMILES string of the molecule is CC(C)OC(=O)[C@H]1COB(B2OC[C@H](C(=O)OC(C)C)O2)O1. The van der Waals surface area contributed by atoms with Gasteiger partial charge in [-0.2, -0.15) is 0 Å². The molecule has 0 amide bonds. The van der Waals surface area contributed by atoms with Gasteiger partial charge in [0.1, 0.15) is 0 Å². The van der Waals surface area contributed by atoms with Crippen LogP contribution in [0.1, 0.15) is 27.7 Å². The smallest absolute Gasteiger partial charge is 0.461 e. The van der Waals surface area contributed by atoms with E-state index in [9.17, 15) is 9.59 Å². The van der Waals surface area contributed by atoms with E-state index in [0.717, 1.165) is 0 Å². The summed E-state index contributed by atoms with van der Waals surface area (Å²) >= 11 is 0. The standard InChI is InChI=1S/C12H20B2O8/c1-7(2)19-11(15)9-5-17-13(21-9)14-18-6-10(22-14)12(16)20-8(3)4/h7-10H,5-6H2,1-4H3/t9-,10-/m1/s1. The Morgan fingerprint density at radius 2 is 1.23 bits per heavy atom. The van der Waals surface area contributed by atoms with Gasteiger partial charge in [-0.15, -0.1) is 0 Å². The molecule has 10 heteroatoms. The summed E-state index contributed by atoms with van der Waals surface area (Å²) in [6.07, 6.45) is -2.10. The van der Waals surface area contributed by atoms with Gasteiger partial charge < -0.3 is 28.1 Å². The molecule has 2 aliphatic heterocycles. The lowest BCUT2D eigenvalue weighted by molar-refractivity contribution is -0.156. The van der Waals surface area contributed by atoms with Crippen molar-refractivity contribution in [3.8, 4) is 0 Å². The number of hydrogen-bond acceptors (Lipinski definition) is 8. The van der Waals surface area contributed by atoms with Crippen molar-refractivity contribution in [1.29, 1.82) is 0 Å². The van der Waals surface area contributed by atoms with Crippen molar-refractivity contribution < 1.29 is 37.7 Å². The first kappa shape index (κ1) is 17.3. The molecule has 8 nitrogen and oxygen atoms in total. The topological polar surface area (TPSA) is 89.5 Å². The number of hydrogen-bond donors (Lipinski definition) is 0. The fourth-order valence-electron chi connectivity index (χ4n) is 1.99. The highest BCUT2D eigenvalue weighted by Crippen LogP contribution is 2.19. The van der Waals surface area contributed by atoms with Gasteiger partial charge in [0.25, 0.3) is 0 Å². The van der Waals surface area contributed by atoms with Crippen molar-refractivity contribution >= 4 is 26.0 Å². The van der Waals surface area contributed by atoms with Crippen LogP contribution in [0.15, 0.2) is 0 Å². The molecule has 0 N–H and O–H groups in total. The summed E-state index contributed by atoms with van der Waals surface area (Å²) < 4.78 is 31.6. The molecule has 0 spiro atoms. The highest BCUT2D eigenvalue weighted by molar-refractivity contribution is 7.11. The Kier molecular flexibility index (Phi) is 5.85. The fraction of sp³-hybridized carbons (Fsp3) is 0.833. The molecule has 0 radical (unpaired) electrons. The summed E-state index contributed by atoms with van der Waals surface area (Å²) in [5.41, 5.74) is 0. The van der Waals surface area contributed by atoms with Crippen LogP contribution in [-0.4, -0.2) is 63.6 Å². The predicted molar refractivity (Wildman–Crippen MR) is 75.6 cm³/mol. The zero-order valence-corrected chi connectivity index (χ0v) is 13.1. The molecule has 2 heterocycles. The van der Waals surface area contributed by atoms with Crippen LogP contribution in [-0.2, 0) is 37.7 Å². The van der Waals surface area contributed by atoms with E-state index in [0.29, 0.717) is 0 Å². The van der Waals surface area contributed by atoms with Gasteiger partial charge in [0, 0.05) is 0 Å². The molecule has 0 unspecified atom stereocenters. The zero-order valence-electron chi connectivity index (χ0n) is 13.1. The molecule has 0 bridgehead atoms. The highest BCUT2D eigenvalue weighted by Gasteiger charge is 2.52. The van der Waals surface area contributed by atoms with Crippen molar-refractivity contribution in [2.75, 3.05) is 13.2 Å². The Labute approximate surface area is 130 Å². The molecule has 0 saturated carbocycles. The van der Waals surface area contributed by atoms with Gasteiger partial charge in [-0.25, -0.2) is 9.59 Å². The molecule has 0 aromatic heterocycles. The lowest BCUT2D eigenvalue weighted by atomic mass is 9.49. The normalized spacial score (nSPS) is 25.2. The molecule has 0 aromatic carbocycles. The Morgan fingerprint density at radius 3 is 1.55 bits per heavy atom. The average molecular weight is 314 g/mol. The molecular formula is C12H20B2O8. The summed E-state index contributed by atoms with van der Waals surface area (Å²) in [4.78, 5) is 23.5. The van der Waals surface area contributed by atoms with Gasteiger partial charge in [0.15, 0.2) is 12.2 Å². The minimum Gasteiger partial charge on any atom is -0.461 e. The Balaban J connectivity index is 1.80. The number of esters is 2. The van der Waals surface area contributed by atoms with Crippen LogP contribution < -0.4 is 0 Å². The van der Waals surface area contributed by atoms with Crippen LogP contribution in [0.5, 0.6) is 0 Å². The first-order valence-electron chi connectivity index (χ1n) is 7.32. The minimum absolute atomic E-state index is 0.0561. The minimum atomic E-state index is -0.874. The van der Waals surface area contributed by atoms with Gasteiger partial charge in [0.05, 0.1) is 25.4 Å². The van der Waals surface area contributed by atoms with Gasteiger partial charge >= 0.3 is 26.0 Å². The largest absolute Gasteiger partial charge is 0.488 e. The number of carbonyl (C=O) groups is 2. The van der Waals surface area contributed by atoms with Crippen LogP contribution in [0.4, 0.5) is 0 Å². The number of ether oxygens (including phenoxy) is 2. The van der Waals surface area contributed by atoms with E-state index in [2.05, 4.69) is 0 Å². The lowest BCUT2D eigenvalue weighted by Gasteiger charge is -2.13. The third kappa shape index (κ3) is 4.45. The van der Waals surface area contributed by atoms with Gasteiger partial charge in [-0.05, 0) is 27.7 Å². The second kappa shape index (κ2) is 7.45. The Hall–Kier alpha value is -1.09. The highest BCUT2D eigenvalue weighted by atomic mass is 16.7. The Morgan fingerprint density at radius 1 is 0.864 bits per heavy atom. The van der Waals surface area contributed by atoms with Crippen molar-refractivity contribution in [3.05, 3.63) is 0 Å². The summed E-state index contributed by atoms with van der Waals surface area (Å²) in [7, 11) is -1.75. The predicted octanol–water partition coefficient (Wildman–Crippen LogP) is -0.225. The van der Waals surface area contributed by atoms with Crippen molar-refractivity contribution in [1.82, 2.24) is 0 Å². The van der Waals surface area contributed by atoms with Crippen LogP contribution in [0, 0.1) is 0 Å². The van der Waals surface area contributed by atoms with Gasteiger partial charge in [-0.3, -0.25) is 0 Å². The maximum absolute atomic E-state index is 11.7. The molecule has 2 aliphatic rings. The quantitative estimate of drug-likeness (QED) is 0.508. The molecule has 2 rings (SSSR count). The molecular weight excluding hydrogens is 294 g/mol. The molecule has 2 atom stereocenters. The third-order valence-corrected chi connectivity index (χ3v) is 2.87. The molecule has 0 aromatic rings. The maximum atomic E-state index is 11.7. The summed E-state index contributed by atoms with van der Waals surface area (Å²) in [5, 5.41) is 0. The summed E-state index contributed by atoms with van der Waals surface area (Å²) in [6.45, 7) is 7.11. The fourth-order valence-corrected chi connectivity index (χ4v) is 1.99. The van der Waals surface area contributed by atoms with Crippen LogP contribution in [0.3, 0.4) is 0 Å². The van der Waals surface area contributed by atoms with E-state index in [1.54, 1.807) is 27.7 Å². The second-order valence-electron chi connectivity index (χ2n) is 5.62. The van der Waals surface area contributed by atoms with E-state index < -0.39 is 38.2 Å². The molecule has 122 valence electrons. The first-order valence-corrected chi connectivity index (χ1v) is 7.32. The summed E-state index contributed by atoms with van der Waals surface area (Å²) in [5.74, 6) is -0.988. The summed E-state index contributed by atoms with van der Waals surface area (Å²) in [6, 6.07) is 0. The number of carbonyl (C=O) groups excluding carboxylic acids is 2. The van der Waals surface area contributed by atoms with E-state index in [1.807, 2.05) is 0 Å². The molecule has 2 saturated heterocycles. The van der Waals surface area contributed by atoms with Crippen LogP contribution >= 0.6 is 0 Å². The van der Waals surface area contributed by atoms with Gasteiger partial charge in [-0.1, -0.05) is 0 Å². The maximum Gasteiger partial charge on any atom is 0.488 e. The van der Waals surface area contributed by atoms with E-state index in [-0.39, 0.29) is 25.4 Å². The van der Waals surface area contributed by atoms with Crippen LogP contribution in [0.2, 0.25) is 0 Å². The van der Waals surface area contributed by atoms with Crippen molar-refractivity contribution in [2.24, 2.45) is 0 Å². The monoisotopic (exact) mass is 314 g/mol. The third-order valence-electron chi connectivity index (χ3n) is 2.87. The van der Waals surface area contributed by atoms with Gasteiger partial charge in [0.2, 0.25) is 0 Å². The van der Waals surface area contributed by atoms with E-state index in [4.69, 9.17) is 28.1 Å². The first-order chi connectivity index (χ1) is 10.4. The molecule has 2 fully saturated rings. The Bertz CT molecular complexity index is 378. The molecule has 0 aliphatic carbocycles. The average Bonchev–Trinajstić information content (AvgIpc) is 3.06.